The van der Waals surface area contributed by atoms with Crippen molar-refractivity contribution in [3.8, 4) is 0 Å². The number of aromatic nitrogens is 2. The minimum Gasteiger partial charge on any atom is -0.406 e. The van der Waals surface area contributed by atoms with Crippen molar-refractivity contribution in [2.24, 2.45) is 0 Å². The molecule has 2 aromatic heterocycles. The highest BCUT2D eigenvalue weighted by Gasteiger charge is 2.30. The molecule has 0 spiro atoms. The Morgan fingerprint density at radius 1 is 1.24 bits per heavy atom. The second-order valence-electron chi connectivity index (χ2n) is 6.51. The summed E-state index contributed by atoms with van der Waals surface area (Å²) in [4.78, 5) is 32.7. The molecule has 0 radical (unpaired) electrons. The zero-order chi connectivity index (χ0) is 17.2. The van der Waals surface area contributed by atoms with E-state index in [4.69, 9.17) is 9.15 Å². The number of piperazine rings is 1. The van der Waals surface area contributed by atoms with E-state index < -0.39 is 0 Å². The van der Waals surface area contributed by atoms with Crippen molar-refractivity contribution in [3.63, 3.8) is 0 Å². The van der Waals surface area contributed by atoms with Crippen LogP contribution in [0.2, 0.25) is 0 Å². The molecule has 2 fully saturated rings. The molecule has 1 amide bonds. The number of carbonyl (C=O) groups is 1. The van der Waals surface area contributed by atoms with Crippen LogP contribution in [-0.2, 0) is 16.1 Å². The van der Waals surface area contributed by atoms with Gasteiger partial charge in [0.05, 0.1) is 0 Å². The average Bonchev–Trinajstić information content (AvgIpc) is 3.27. The lowest BCUT2D eigenvalue weighted by Gasteiger charge is -2.35. The first kappa shape index (κ1) is 16.3. The Hall–Kier alpha value is -2.19. The van der Waals surface area contributed by atoms with Crippen molar-refractivity contribution < 1.29 is 13.9 Å². The first-order valence-electron chi connectivity index (χ1n) is 8.79. The van der Waals surface area contributed by atoms with Crippen LogP contribution in [0, 0.1) is 0 Å². The van der Waals surface area contributed by atoms with Gasteiger partial charge in [0, 0.05) is 52.1 Å². The highest BCUT2D eigenvalue weighted by molar-refractivity contribution is 5.81. The third-order valence-corrected chi connectivity index (χ3v) is 4.95. The fraction of sp³-hybridized carbons (Fsp3) is 0.588. The Labute approximate surface area is 145 Å². The Morgan fingerprint density at radius 3 is 2.84 bits per heavy atom. The molecule has 0 bridgehead atoms. The van der Waals surface area contributed by atoms with Crippen LogP contribution in [0.3, 0.4) is 0 Å². The number of carbonyl (C=O) groups excluding carboxylic acids is 1. The van der Waals surface area contributed by atoms with E-state index in [-0.39, 0.29) is 17.8 Å². The van der Waals surface area contributed by atoms with E-state index in [1.54, 1.807) is 22.9 Å². The van der Waals surface area contributed by atoms with E-state index in [1.165, 1.54) is 0 Å². The monoisotopic (exact) mass is 346 g/mol. The quantitative estimate of drug-likeness (QED) is 0.793. The summed E-state index contributed by atoms with van der Waals surface area (Å²) in [5.74, 6) is -0.251. The van der Waals surface area contributed by atoms with Crippen molar-refractivity contribution in [2.75, 3.05) is 39.3 Å². The van der Waals surface area contributed by atoms with Gasteiger partial charge < -0.3 is 14.1 Å². The maximum Gasteiger partial charge on any atom is 0.421 e. The summed E-state index contributed by atoms with van der Waals surface area (Å²) in [6, 6.07) is 3.50. The smallest absolute Gasteiger partial charge is 0.406 e. The maximum absolute atomic E-state index is 12.4. The van der Waals surface area contributed by atoms with Crippen LogP contribution >= 0.6 is 0 Å². The molecule has 25 heavy (non-hydrogen) atoms. The van der Waals surface area contributed by atoms with Crippen LogP contribution in [0.5, 0.6) is 0 Å². The lowest BCUT2D eigenvalue weighted by molar-refractivity contribution is -0.142. The number of hydrogen-bond donors (Lipinski definition) is 0. The fourth-order valence-electron chi connectivity index (χ4n) is 3.51. The Balaban J connectivity index is 1.32. The summed E-state index contributed by atoms with van der Waals surface area (Å²) in [5.41, 5.74) is 1.10. The van der Waals surface area contributed by atoms with Crippen LogP contribution in [-0.4, -0.2) is 70.7 Å². The molecule has 0 saturated carbocycles. The molecule has 0 aromatic carbocycles. The normalized spacial score (nSPS) is 21.9. The third kappa shape index (κ3) is 3.32. The van der Waals surface area contributed by atoms with Crippen molar-refractivity contribution in [2.45, 2.75) is 25.5 Å². The second-order valence-corrected chi connectivity index (χ2v) is 6.51. The number of ether oxygens (including phenoxy) is 1. The van der Waals surface area contributed by atoms with Crippen LogP contribution in [0.25, 0.3) is 11.2 Å². The third-order valence-electron chi connectivity index (χ3n) is 4.95. The Morgan fingerprint density at radius 2 is 2.08 bits per heavy atom. The lowest BCUT2D eigenvalue weighted by atomic mass is 10.2. The largest absolute Gasteiger partial charge is 0.421 e. The van der Waals surface area contributed by atoms with Gasteiger partial charge >= 0.3 is 5.76 Å². The molecule has 1 unspecified atom stereocenters. The number of amides is 1. The van der Waals surface area contributed by atoms with E-state index >= 15 is 0 Å². The number of pyridine rings is 1. The van der Waals surface area contributed by atoms with Gasteiger partial charge in [0.1, 0.15) is 6.10 Å². The number of hydrogen-bond acceptors (Lipinski definition) is 6. The van der Waals surface area contributed by atoms with E-state index in [1.807, 2.05) is 4.90 Å². The molecule has 2 saturated heterocycles. The zero-order valence-electron chi connectivity index (χ0n) is 14.1. The van der Waals surface area contributed by atoms with Crippen LogP contribution in [0.4, 0.5) is 0 Å². The molecular weight excluding hydrogens is 324 g/mol. The summed E-state index contributed by atoms with van der Waals surface area (Å²) in [5, 5.41) is 0. The van der Waals surface area contributed by atoms with Crippen molar-refractivity contribution >= 4 is 17.1 Å². The van der Waals surface area contributed by atoms with Crippen molar-refractivity contribution in [3.05, 3.63) is 28.9 Å². The molecule has 2 aromatic rings. The van der Waals surface area contributed by atoms with Gasteiger partial charge in [-0.05, 0) is 25.0 Å². The molecular formula is C17H22N4O4. The van der Waals surface area contributed by atoms with Gasteiger partial charge in [-0.2, -0.15) is 0 Å². The van der Waals surface area contributed by atoms with Crippen LogP contribution < -0.4 is 5.76 Å². The molecule has 0 aliphatic carbocycles. The zero-order valence-corrected chi connectivity index (χ0v) is 14.1. The Kier molecular flexibility index (Phi) is 4.54. The molecule has 2 aliphatic rings. The number of fused-ring (bicyclic) bond motifs is 1. The molecule has 0 N–H and O–H groups in total. The van der Waals surface area contributed by atoms with Gasteiger partial charge in [-0.1, -0.05) is 0 Å². The standard InChI is InChI=1S/C17H22N4O4/c22-16(14-4-2-12-24-14)20-9-6-19(7-10-20)8-11-21-15-13(25-17(21)23)3-1-5-18-15/h1,3,5,14H,2,4,6-12H2. The van der Waals surface area contributed by atoms with Crippen molar-refractivity contribution in [1.82, 2.24) is 19.4 Å². The summed E-state index contributed by atoms with van der Waals surface area (Å²) in [6.07, 6.45) is 3.22. The van der Waals surface area contributed by atoms with Gasteiger partial charge in [-0.15, -0.1) is 0 Å². The predicted molar refractivity (Wildman–Crippen MR) is 90.3 cm³/mol. The molecule has 4 heterocycles. The maximum atomic E-state index is 12.4. The minimum absolute atomic E-state index is 0.124. The summed E-state index contributed by atoms with van der Waals surface area (Å²) in [6.45, 7) is 4.97. The molecule has 134 valence electrons. The first-order chi connectivity index (χ1) is 12.2. The van der Waals surface area contributed by atoms with E-state index in [0.717, 1.165) is 32.5 Å². The highest BCUT2D eigenvalue weighted by Crippen LogP contribution is 2.16. The van der Waals surface area contributed by atoms with Gasteiger partial charge in [0.25, 0.3) is 5.91 Å². The van der Waals surface area contributed by atoms with Gasteiger partial charge in [-0.3, -0.25) is 14.3 Å². The lowest BCUT2D eigenvalue weighted by Crippen LogP contribution is -2.51. The van der Waals surface area contributed by atoms with Crippen molar-refractivity contribution in [1.29, 1.82) is 0 Å². The number of oxazole rings is 1. The van der Waals surface area contributed by atoms with Crippen LogP contribution in [0.15, 0.2) is 27.5 Å². The number of nitrogens with zero attached hydrogens (tertiary/aromatic N) is 4. The van der Waals surface area contributed by atoms with Gasteiger partial charge in [-0.25, -0.2) is 9.78 Å². The van der Waals surface area contributed by atoms with E-state index in [0.29, 0.717) is 37.5 Å². The van der Waals surface area contributed by atoms with E-state index in [2.05, 4.69) is 9.88 Å². The highest BCUT2D eigenvalue weighted by atomic mass is 16.5. The summed E-state index contributed by atoms with van der Waals surface area (Å²) >= 11 is 0. The summed E-state index contributed by atoms with van der Waals surface area (Å²) < 4.78 is 12.3. The Bertz CT molecular complexity index is 800. The molecule has 8 nitrogen and oxygen atoms in total. The van der Waals surface area contributed by atoms with Crippen LogP contribution in [0.1, 0.15) is 12.8 Å². The topological polar surface area (TPSA) is 80.8 Å². The van der Waals surface area contributed by atoms with Gasteiger partial charge in [0.2, 0.25) is 0 Å². The average molecular weight is 346 g/mol. The predicted octanol–water partition coefficient (Wildman–Crippen LogP) is 0.313. The number of rotatable bonds is 4. The van der Waals surface area contributed by atoms with E-state index in [9.17, 15) is 9.59 Å². The second kappa shape index (κ2) is 6.97. The molecule has 1 atom stereocenters. The first-order valence-corrected chi connectivity index (χ1v) is 8.79. The molecule has 8 heteroatoms. The minimum atomic E-state index is -0.374. The SMILES string of the molecule is O=C(C1CCCO1)N1CCN(CCn2c(=O)oc3cccnc32)CC1. The molecule has 4 rings (SSSR count). The van der Waals surface area contributed by atoms with Gasteiger partial charge in [0.15, 0.2) is 11.2 Å². The molecule has 2 aliphatic heterocycles. The fourth-order valence-corrected chi connectivity index (χ4v) is 3.51. The summed E-state index contributed by atoms with van der Waals surface area (Å²) in [7, 11) is 0.